The molecule has 0 spiro atoms. The van der Waals surface area contributed by atoms with Crippen molar-refractivity contribution in [1.82, 2.24) is 10.2 Å². The van der Waals surface area contributed by atoms with E-state index in [2.05, 4.69) is 24.1 Å². The summed E-state index contributed by atoms with van der Waals surface area (Å²) in [4.78, 5) is 25.1. The highest BCUT2D eigenvalue weighted by Crippen LogP contribution is 2.29. The second-order valence-electron chi connectivity index (χ2n) is 6.69. The summed E-state index contributed by atoms with van der Waals surface area (Å²) in [5, 5.41) is 3.22. The number of hydrogen-bond acceptors (Lipinski definition) is 3. The van der Waals surface area contributed by atoms with E-state index in [-0.39, 0.29) is 11.8 Å². The monoisotopic (exact) mass is 280 g/mol. The molecule has 2 rings (SSSR count). The van der Waals surface area contributed by atoms with Gasteiger partial charge in [0.1, 0.15) is 6.29 Å². The van der Waals surface area contributed by atoms with Gasteiger partial charge in [0.2, 0.25) is 5.91 Å². The van der Waals surface area contributed by atoms with Gasteiger partial charge in [-0.2, -0.15) is 0 Å². The van der Waals surface area contributed by atoms with Crippen LogP contribution >= 0.6 is 0 Å². The molecule has 2 aliphatic rings. The number of nitrogens with one attached hydrogen (secondary N) is 1. The van der Waals surface area contributed by atoms with Crippen LogP contribution in [-0.4, -0.2) is 42.8 Å². The zero-order valence-corrected chi connectivity index (χ0v) is 12.8. The Morgan fingerprint density at radius 2 is 1.90 bits per heavy atom. The molecule has 1 aliphatic heterocycles. The smallest absolute Gasteiger partial charge is 0.234 e. The molecule has 1 saturated heterocycles. The van der Waals surface area contributed by atoms with Crippen LogP contribution in [0.25, 0.3) is 0 Å². The van der Waals surface area contributed by atoms with Crippen LogP contribution < -0.4 is 5.32 Å². The van der Waals surface area contributed by atoms with E-state index in [1.807, 2.05) is 0 Å². The second-order valence-corrected chi connectivity index (χ2v) is 6.69. The Balaban J connectivity index is 1.74. The number of carbonyl (C=O) groups excluding carboxylic acids is 2. The summed E-state index contributed by atoms with van der Waals surface area (Å²) < 4.78 is 0. The molecule has 1 heterocycles. The van der Waals surface area contributed by atoms with Crippen LogP contribution in [0, 0.1) is 17.8 Å². The van der Waals surface area contributed by atoms with Crippen molar-refractivity contribution < 1.29 is 9.59 Å². The van der Waals surface area contributed by atoms with Gasteiger partial charge in [0, 0.05) is 12.0 Å². The lowest BCUT2D eigenvalue weighted by atomic mass is 9.78. The van der Waals surface area contributed by atoms with Gasteiger partial charge >= 0.3 is 0 Å². The van der Waals surface area contributed by atoms with E-state index >= 15 is 0 Å². The Bertz CT molecular complexity index is 337. The first-order valence-corrected chi connectivity index (χ1v) is 8.07. The van der Waals surface area contributed by atoms with E-state index in [9.17, 15) is 9.59 Å². The first kappa shape index (κ1) is 15.5. The molecule has 4 nitrogen and oxygen atoms in total. The third kappa shape index (κ3) is 4.05. The predicted molar refractivity (Wildman–Crippen MR) is 79.3 cm³/mol. The van der Waals surface area contributed by atoms with E-state index in [1.54, 1.807) is 0 Å². The molecule has 1 aliphatic carbocycles. The van der Waals surface area contributed by atoms with Crippen molar-refractivity contribution in [3.05, 3.63) is 0 Å². The molecule has 114 valence electrons. The molecular formula is C16H28N2O2. The second kappa shape index (κ2) is 7.21. The lowest BCUT2D eigenvalue weighted by molar-refractivity contribution is -0.124. The zero-order valence-electron chi connectivity index (χ0n) is 12.8. The van der Waals surface area contributed by atoms with Gasteiger partial charge in [-0.05, 0) is 44.2 Å². The Morgan fingerprint density at radius 3 is 2.55 bits per heavy atom. The quantitative estimate of drug-likeness (QED) is 0.799. The van der Waals surface area contributed by atoms with E-state index in [4.69, 9.17) is 0 Å². The fraction of sp³-hybridized carbons (Fsp3) is 0.875. The summed E-state index contributed by atoms with van der Waals surface area (Å²) in [7, 11) is 0. The van der Waals surface area contributed by atoms with Gasteiger partial charge in [0.25, 0.3) is 0 Å². The van der Waals surface area contributed by atoms with Gasteiger partial charge in [0.15, 0.2) is 0 Å². The van der Waals surface area contributed by atoms with E-state index in [0.717, 1.165) is 38.6 Å². The number of rotatable bonds is 4. The standard InChI is InChI=1S/C16H28N2O2/c1-12-4-3-5-15(13(12)2)17-16(20)10-18-8-6-14(11-19)7-9-18/h11-15H,3-10H2,1-2H3,(H,17,20). The SMILES string of the molecule is CC1CCCC(NC(=O)CN2CCC(C=O)CC2)C1C. The minimum Gasteiger partial charge on any atom is -0.352 e. The van der Waals surface area contributed by atoms with Crippen LogP contribution in [0.3, 0.4) is 0 Å². The van der Waals surface area contributed by atoms with Crippen LogP contribution in [0.4, 0.5) is 0 Å². The average Bonchev–Trinajstić information content (AvgIpc) is 2.45. The number of aldehydes is 1. The molecule has 4 heteroatoms. The Morgan fingerprint density at radius 1 is 1.20 bits per heavy atom. The Labute approximate surface area is 122 Å². The van der Waals surface area contributed by atoms with Crippen LogP contribution in [0.5, 0.6) is 0 Å². The number of amides is 1. The molecule has 0 bridgehead atoms. The zero-order chi connectivity index (χ0) is 14.5. The fourth-order valence-corrected chi connectivity index (χ4v) is 3.49. The summed E-state index contributed by atoms with van der Waals surface area (Å²) in [5.41, 5.74) is 0. The maximum absolute atomic E-state index is 12.2. The maximum Gasteiger partial charge on any atom is 0.234 e. The minimum atomic E-state index is 0.153. The summed E-state index contributed by atoms with van der Waals surface area (Å²) in [6.45, 7) is 6.77. The van der Waals surface area contributed by atoms with Crippen LogP contribution in [0.1, 0.15) is 46.0 Å². The van der Waals surface area contributed by atoms with Crippen molar-refractivity contribution in [2.45, 2.75) is 52.0 Å². The topological polar surface area (TPSA) is 49.4 Å². The number of likely N-dealkylation sites (tertiary alicyclic amines) is 1. The van der Waals surface area contributed by atoms with Crippen molar-refractivity contribution in [3.63, 3.8) is 0 Å². The van der Waals surface area contributed by atoms with Gasteiger partial charge in [-0.25, -0.2) is 0 Å². The van der Waals surface area contributed by atoms with Gasteiger partial charge < -0.3 is 10.1 Å². The van der Waals surface area contributed by atoms with Crippen molar-refractivity contribution in [2.75, 3.05) is 19.6 Å². The average molecular weight is 280 g/mol. The first-order valence-electron chi connectivity index (χ1n) is 8.07. The van der Waals surface area contributed by atoms with Crippen molar-refractivity contribution in [1.29, 1.82) is 0 Å². The number of carbonyl (C=O) groups is 2. The number of piperidine rings is 1. The van der Waals surface area contributed by atoms with Gasteiger partial charge in [-0.3, -0.25) is 9.69 Å². The third-order valence-corrected chi connectivity index (χ3v) is 5.25. The summed E-state index contributed by atoms with van der Waals surface area (Å²) in [6, 6.07) is 0.346. The van der Waals surface area contributed by atoms with Crippen LogP contribution in [0.2, 0.25) is 0 Å². The van der Waals surface area contributed by atoms with Crippen molar-refractivity contribution in [2.24, 2.45) is 17.8 Å². The molecular weight excluding hydrogens is 252 g/mol. The molecule has 2 fully saturated rings. The van der Waals surface area contributed by atoms with Gasteiger partial charge in [-0.1, -0.05) is 26.7 Å². The molecule has 0 aromatic carbocycles. The number of nitrogens with zero attached hydrogens (tertiary/aromatic N) is 1. The summed E-state index contributed by atoms with van der Waals surface area (Å²) in [5.74, 6) is 1.64. The molecule has 20 heavy (non-hydrogen) atoms. The molecule has 1 saturated carbocycles. The van der Waals surface area contributed by atoms with E-state index < -0.39 is 0 Å². The minimum absolute atomic E-state index is 0.153. The fourth-order valence-electron chi connectivity index (χ4n) is 3.49. The largest absolute Gasteiger partial charge is 0.352 e. The predicted octanol–water partition coefficient (Wildman–Crippen LogP) is 1.84. The molecule has 0 aromatic heterocycles. The lowest BCUT2D eigenvalue weighted by Crippen LogP contribution is -2.48. The van der Waals surface area contributed by atoms with Crippen LogP contribution in [-0.2, 0) is 9.59 Å². The molecule has 3 unspecified atom stereocenters. The van der Waals surface area contributed by atoms with Gasteiger partial charge in [0.05, 0.1) is 6.54 Å². The third-order valence-electron chi connectivity index (χ3n) is 5.25. The molecule has 1 amide bonds. The Hall–Kier alpha value is -0.900. The summed E-state index contributed by atoms with van der Waals surface area (Å²) >= 11 is 0. The van der Waals surface area contributed by atoms with E-state index in [0.29, 0.717) is 24.4 Å². The van der Waals surface area contributed by atoms with Crippen molar-refractivity contribution >= 4 is 12.2 Å². The molecule has 0 aromatic rings. The maximum atomic E-state index is 12.2. The highest BCUT2D eigenvalue weighted by molar-refractivity contribution is 5.78. The lowest BCUT2D eigenvalue weighted by Gasteiger charge is -2.35. The highest BCUT2D eigenvalue weighted by atomic mass is 16.2. The first-order chi connectivity index (χ1) is 9.60. The summed E-state index contributed by atoms with van der Waals surface area (Å²) in [6.07, 6.45) is 6.47. The molecule has 0 radical (unpaired) electrons. The molecule has 1 N–H and O–H groups in total. The van der Waals surface area contributed by atoms with Crippen LogP contribution in [0.15, 0.2) is 0 Å². The Kier molecular flexibility index (Phi) is 5.58. The highest BCUT2D eigenvalue weighted by Gasteiger charge is 2.28. The number of hydrogen-bond donors (Lipinski definition) is 1. The van der Waals surface area contributed by atoms with Gasteiger partial charge in [-0.15, -0.1) is 0 Å². The van der Waals surface area contributed by atoms with E-state index in [1.165, 1.54) is 12.8 Å². The van der Waals surface area contributed by atoms with Crippen molar-refractivity contribution in [3.8, 4) is 0 Å². The molecule has 3 atom stereocenters. The normalized spacial score (nSPS) is 32.8.